The van der Waals surface area contributed by atoms with E-state index in [0.717, 1.165) is 5.56 Å². The summed E-state index contributed by atoms with van der Waals surface area (Å²) in [4.78, 5) is 10.4. The average Bonchev–Trinajstić information content (AvgIpc) is 2.26. The summed E-state index contributed by atoms with van der Waals surface area (Å²) >= 11 is 0. The fourth-order valence-electron chi connectivity index (χ4n) is 1.50. The van der Waals surface area contributed by atoms with Crippen molar-refractivity contribution in [2.75, 3.05) is 0 Å². The van der Waals surface area contributed by atoms with Gasteiger partial charge in [-0.25, -0.2) is 0 Å². The van der Waals surface area contributed by atoms with E-state index in [2.05, 4.69) is 0 Å². The van der Waals surface area contributed by atoms with Gasteiger partial charge in [-0.1, -0.05) is 37.3 Å². The minimum absolute atomic E-state index is 0.0122. The molecular formula is C12H16O3. The predicted molar refractivity (Wildman–Crippen MR) is 57.7 cm³/mol. The third-order valence-electron chi connectivity index (χ3n) is 2.56. The van der Waals surface area contributed by atoms with Gasteiger partial charge >= 0.3 is 5.97 Å². The first-order chi connectivity index (χ1) is 7.11. The van der Waals surface area contributed by atoms with Gasteiger partial charge in [0, 0.05) is 12.3 Å². The lowest BCUT2D eigenvalue weighted by molar-refractivity contribution is -0.137. The second-order valence-electron chi connectivity index (χ2n) is 3.70. The molecule has 2 atom stereocenters. The van der Waals surface area contributed by atoms with Crippen LogP contribution < -0.4 is 0 Å². The van der Waals surface area contributed by atoms with Gasteiger partial charge in [0.25, 0.3) is 0 Å². The molecule has 3 nitrogen and oxygen atoms in total. The summed E-state index contributed by atoms with van der Waals surface area (Å²) in [6.45, 7) is 1.90. The van der Waals surface area contributed by atoms with Crippen LogP contribution in [0.3, 0.4) is 0 Å². The summed E-state index contributed by atoms with van der Waals surface area (Å²) in [6.07, 6.45) is -0.285. The minimum Gasteiger partial charge on any atom is -0.481 e. The minimum atomic E-state index is -0.866. The molecule has 15 heavy (non-hydrogen) atoms. The Balaban J connectivity index is 2.53. The highest BCUT2D eigenvalue weighted by Gasteiger charge is 2.16. The Morgan fingerprint density at radius 3 is 2.47 bits per heavy atom. The maximum atomic E-state index is 10.4. The van der Waals surface area contributed by atoms with Crippen molar-refractivity contribution in [3.05, 3.63) is 35.9 Å². The van der Waals surface area contributed by atoms with Crippen LogP contribution in [0.2, 0.25) is 0 Å². The van der Waals surface area contributed by atoms with E-state index in [9.17, 15) is 9.90 Å². The van der Waals surface area contributed by atoms with Crippen LogP contribution in [0, 0.1) is 0 Å². The fourth-order valence-corrected chi connectivity index (χ4v) is 1.50. The van der Waals surface area contributed by atoms with Crippen molar-refractivity contribution in [1.82, 2.24) is 0 Å². The average molecular weight is 208 g/mol. The first-order valence-electron chi connectivity index (χ1n) is 5.06. The zero-order valence-corrected chi connectivity index (χ0v) is 8.76. The topological polar surface area (TPSA) is 57.5 Å². The summed E-state index contributed by atoms with van der Waals surface area (Å²) in [5.74, 6) is -0.889. The molecule has 2 unspecified atom stereocenters. The molecule has 0 fully saturated rings. The van der Waals surface area contributed by atoms with Crippen LogP contribution in [0.5, 0.6) is 0 Å². The number of aliphatic carboxylic acids is 1. The van der Waals surface area contributed by atoms with Crippen LogP contribution >= 0.6 is 0 Å². The summed E-state index contributed by atoms with van der Waals surface area (Å²) < 4.78 is 0. The monoisotopic (exact) mass is 208 g/mol. The maximum absolute atomic E-state index is 10.4. The van der Waals surface area contributed by atoms with Crippen LogP contribution in [0.15, 0.2) is 30.3 Å². The van der Waals surface area contributed by atoms with Crippen molar-refractivity contribution in [3.8, 4) is 0 Å². The van der Waals surface area contributed by atoms with Gasteiger partial charge in [-0.05, 0) is 12.0 Å². The van der Waals surface area contributed by atoms with E-state index in [1.54, 1.807) is 0 Å². The van der Waals surface area contributed by atoms with Crippen molar-refractivity contribution in [2.45, 2.75) is 31.8 Å². The van der Waals surface area contributed by atoms with Gasteiger partial charge in [0.2, 0.25) is 0 Å². The van der Waals surface area contributed by atoms with Gasteiger partial charge < -0.3 is 10.2 Å². The third kappa shape index (κ3) is 3.72. The van der Waals surface area contributed by atoms with Crippen molar-refractivity contribution >= 4 is 5.97 Å². The molecule has 0 amide bonds. The van der Waals surface area contributed by atoms with Gasteiger partial charge in [-0.3, -0.25) is 4.79 Å². The van der Waals surface area contributed by atoms with Gasteiger partial charge in [0.05, 0.1) is 6.10 Å². The lowest BCUT2D eigenvalue weighted by Crippen LogP contribution is -2.17. The van der Waals surface area contributed by atoms with Crippen LogP contribution in [0.1, 0.15) is 31.2 Å². The fraction of sp³-hybridized carbons (Fsp3) is 0.417. The zero-order chi connectivity index (χ0) is 11.3. The summed E-state index contributed by atoms with van der Waals surface area (Å²) in [7, 11) is 0. The highest BCUT2D eigenvalue weighted by molar-refractivity contribution is 5.66. The number of carboxylic acids is 1. The van der Waals surface area contributed by atoms with Gasteiger partial charge in [-0.2, -0.15) is 0 Å². The highest BCUT2D eigenvalue weighted by Crippen LogP contribution is 2.21. The number of rotatable bonds is 5. The molecule has 0 saturated heterocycles. The lowest BCUT2D eigenvalue weighted by Gasteiger charge is -2.18. The number of carbonyl (C=O) groups is 1. The first kappa shape index (κ1) is 11.7. The predicted octanol–water partition coefficient (Wildman–Crippen LogP) is 2.02. The van der Waals surface area contributed by atoms with Crippen LogP contribution in [0.25, 0.3) is 0 Å². The molecule has 0 aliphatic heterocycles. The largest absolute Gasteiger partial charge is 0.481 e. The van der Waals surface area contributed by atoms with Crippen molar-refractivity contribution < 1.29 is 15.0 Å². The Morgan fingerprint density at radius 1 is 1.33 bits per heavy atom. The van der Waals surface area contributed by atoms with Crippen LogP contribution in [-0.2, 0) is 4.79 Å². The molecule has 0 aliphatic carbocycles. The Hall–Kier alpha value is -1.35. The molecule has 1 aromatic rings. The number of hydrogen-bond acceptors (Lipinski definition) is 2. The van der Waals surface area contributed by atoms with Crippen molar-refractivity contribution in [2.24, 2.45) is 0 Å². The molecule has 0 spiro atoms. The van der Waals surface area contributed by atoms with Gasteiger partial charge in [-0.15, -0.1) is 0 Å². The van der Waals surface area contributed by atoms with E-state index in [1.165, 1.54) is 0 Å². The number of carboxylic acid groups (broad SMARTS) is 1. The first-order valence-corrected chi connectivity index (χ1v) is 5.06. The molecule has 1 rings (SSSR count). The number of aliphatic hydroxyl groups is 1. The maximum Gasteiger partial charge on any atom is 0.303 e. The smallest absolute Gasteiger partial charge is 0.303 e. The Kier molecular flexibility index (Phi) is 4.31. The highest BCUT2D eigenvalue weighted by atomic mass is 16.4. The Morgan fingerprint density at radius 2 is 1.93 bits per heavy atom. The summed E-state index contributed by atoms with van der Waals surface area (Å²) in [5, 5.41) is 18.3. The van der Waals surface area contributed by atoms with E-state index < -0.39 is 12.1 Å². The summed E-state index contributed by atoms with van der Waals surface area (Å²) in [6, 6.07) is 9.62. The molecular weight excluding hydrogens is 192 g/mol. The van der Waals surface area contributed by atoms with E-state index in [1.807, 2.05) is 37.3 Å². The normalized spacial score (nSPS) is 14.5. The molecule has 0 saturated carbocycles. The van der Waals surface area contributed by atoms with Crippen LogP contribution in [-0.4, -0.2) is 22.3 Å². The molecule has 0 radical (unpaired) electrons. The van der Waals surface area contributed by atoms with E-state index in [4.69, 9.17) is 5.11 Å². The second-order valence-corrected chi connectivity index (χ2v) is 3.70. The van der Waals surface area contributed by atoms with Crippen molar-refractivity contribution in [1.29, 1.82) is 0 Å². The Labute approximate surface area is 89.4 Å². The van der Waals surface area contributed by atoms with Gasteiger partial charge in [0.1, 0.15) is 0 Å². The molecule has 3 heteroatoms. The van der Waals surface area contributed by atoms with Gasteiger partial charge in [0.15, 0.2) is 0 Å². The standard InChI is InChI=1S/C12H16O3/c1-9(10-5-3-2-4-6-10)11(13)7-8-12(14)15/h2-6,9,11,13H,7-8H2,1H3,(H,14,15). The lowest BCUT2D eigenvalue weighted by atomic mass is 9.93. The van der Waals surface area contributed by atoms with E-state index in [-0.39, 0.29) is 12.3 Å². The number of aliphatic hydroxyl groups excluding tert-OH is 1. The molecule has 0 heterocycles. The molecule has 0 aromatic heterocycles. The van der Waals surface area contributed by atoms with E-state index in [0.29, 0.717) is 6.42 Å². The summed E-state index contributed by atoms with van der Waals surface area (Å²) in [5.41, 5.74) is 1.04. The van der Waals surface area contributed by atoms with Crippen molar-refractivity contribution in [3.63, 3.8) is 0 Å². The second kappa shape index (κ2) is 5.51. The zero-order valence-electron chi connectivity index (χ0n) is 8.76. The third-order valence-corrected chi connectivity index (χ3v) is 2.56. The number of benzene rings is 1. The molecule has 0 aliphatic rings. The van der Waals surface area contributed by atoms with Crippen LogP contribution in [0.4, 0.5) is 0 Å². The molecule has 82 valence electrons. The molecule has 0 bridgehead atoms. The van der Waals surface area contributed by atoms with E-state index >= 15 is 0 Å². The SMILES string of the molecule is CC(c1ccccc1)C(O)CCC(=O)O. The quantitative estimate of drug-likeness (QED) is 0.778. The molecule has 1 aromatic carbocycles. The molecule has 2 N–H and O–H groups in total. The Bertz CT molecular complexity index is 308. The number of hydrogen-bond donors (Lipinski definition) is 2.